The van der Waals surface area contributed by atoms with Crippen molar-refractivity contribution in [2.75, 3.05) is 26.7 Å². The SMILES string of the molecule is CCOC(=O)C1CCN([C@@H](C)C(=O)NC(=O)NC)CC1. The molecule has 114 valence electrons. The lowest BCUT2D eigenvalue weighted by Gasteiger charge is -2.34. The van der Waals surface area contributed by atoms with E-state index in [0.717, 1.165) is 0 Å². The molecule has 1 atom stereocenters. The molecule has 0 aromatic rings. The lowest BCUT2D eigenvalue weighted by Crippen LogP contribution is -2.51. The van der Waals surface area contributed by atoms with Gasteiger partial charge in [-0.2, -0.15) is 0 Å². The summed E-state index contributed by atoms with van der Waals surface area (Å²) in [5.41, 5.74) is 0. The largest absolute Gasteiger partial charge is 0.466 e. The fourth-order valence-electron chi connectivity index (χ4n) is 2.23. The maximum Gasteiger partial charge on any atom is 0.321 e. The number of imide groups is 1. The van der Waals surface area contributed by atoms with Gasteiger partial charge in [-0.05, 0) is 39.8 Å². The Labute approximate surface area is 119 Å². The maximum atomic E-state index is 11.8. The second kappa shape index (κ2) is 7.84. The van der Waals surface area contributed by atoms with Crippen molar-refractivity contribution in [2.45, 2.75) is 32.7 Å². The van der Waals surface area contributed by atoms with Gasteiger partial charge in [0.1, 0.15) is 0 Å². The zero-order valence-corrected chi connectivity index (χ0v) is 12.3. The molecule has 0 spiro atoms. The molecule has 0 aliphatic carbocycles. The van der Waals surface area contributed by atoms with Crippen molar-refractivity contribution in [3.63, 3.8) is 0 Å². The molecular weight excluding hydrogens is 262 g/mol. The molecule has 7 heteroatoms. The van der Waals surface area contributed by atoms with Crippen molar-refractivity contribution in [3.8, 4) is 0 Å². The van der Waals surface area contributed by atoms with Crippen molar-refractivity contribution < 1.29 is 19.1 Å². The first-order valence-corrected chi connectivity index (χ1v) is 6.92. The second-order valence-electron chi connectivity index (χ2n) is 4.81. The summed E-state index contributed by atoms with van der Waals surface area (Å²) in [5.74, 6) is -0.575. The lowest BCUT2D eigenvalue weighted by molar-refractivity contribution is -0.149. The van der Waals surface area contributed by atoms with Gasteiger partial charge in [-0.3, -0.25) is 19.8 Å². The van der Waals surface area contributed by atoms with E-state index in [-0.39, 0.29) is 17.8 Å². The number of amides is 3. The maximum absolute atomic E-state index is 11.8. The minimum Gasteiger partial charge on any atom is -0.466 e. The van der Waals surface area contributed by atoms with Crippen LogP contribution < -0.4 is 10.6 Å². The predicted octanol–water partition coefficient (Wildman–Crippen LogP) is 0.106. The van der Waals surface area contributed by atoms with E-state index in [9.17, 15) is 14.4 Å². The molecule has 0 aromatic heterocycles. The third kappa shape index (κ3) is 4.48. The van der Waals surface area contributed by atoms with Crippen LogP contribution in [0.1, 0.15) is 26.7 Å². The molecule has 0 bridgehead atoms. The van der Waals surface area contributed by atoms with Crippen LogP contribution in [0.2, 0.25) is 0 Å². The molecule has 1 rings (SSSR count). The van der Waals surface area contributed by atoms with E-state index in [4.69, 9.17) is 4.74 Å². The van der Waals surface area contributed by atoms with Gasteiger partial charge in [0, 0.05) is 7.05 Å². The highest BCUT2D eigenvalue weighted by atomic mass is 16.5. The smallest absolute Gasteiger partial charge is 0.321 e. The highest BCUT2D eigenvalue weighted by Gasteiger charge is 2.30. The first-order chi connectivity index (χ1) is 9.49. The highest BCUT2D eigenvalue weighted by Crippen LogP contribution is 2.20. The number of hydrogen-bond donors (Lipinski definition) is 2. The number of likely N-dealkylation sites (tertiary alicyclic amines) is 1. The normalized spacial score (nSPS) is 18.1. The van der Waals surface area contributed by atoms with Gasteiger partial charge in [-0.15, -0.1) is 0 Å². The first kappa shape index (κ1) is 16.4. The van der Waals surface area contributed by atoms with E-state index in [1.165, 1.54) is 7.05 Å². The fraction of sp³-hybridized carbons (Fsp3) is 0.769. The number of urea groups is 1. The summed E-state index contributed by atoms with van der Waals surface area (Å²) in [6, 6.07) is -0.904. The topological polar surface area (TPSA) is 87.7 Å². The van der Waals surface area contributed by atoms with Crippen LogP contribution in [0.3, 0.4) is 0 Å². The Morgan fingerprint density at radius 2 is 1.90 bits per heavy atom. The Morgan fingerprint density at radius 3 is 2.40 bits per heavy atom. The van der Waals surface area contributed by atoms with Crippen LogP contribution in [0.15, 0.2) is 0 Å². The van der Waals surface area contributed by atoms with E-state index >= 15 is 0 Å². The Kier molecular flexibility index (Phi) is 6.44. The van der Waals surface area contributed by atoms with E-state index in [0.29, 0.717) is 32.5 Å². The zero-order valence-electron chi connectivity index (χ0n) is 12.3. The van der Waals surface area contributed by atoms with E-state index in [1.54, 1.807) is 13.8 Å². The molecule has 2 N–H and O–H groups in total. The fourth-order valence-corrected chi connectivity index (χ4v) is 2.23. The molecule has 1 aliphatic rings. The van der Waals surface area contributed by atoms with Crippen LogP contribution in [0.4, 0.5) is 4.79 Å². The second-order valence-corrected chi connectivity index (χ2v) is 4.81. The van der Waals surface area contributed by atoms with Crippen molar-refractivity contribution in [1.29, 1.82) is 0 Å². The molecule has 1 heterocycles. The molecule has 1 saturated heterocycles. The number of hydrogen-bond acceptors (Lipinski definition) is 5. The van der Waals surface area contributed by atoms with E-state index < -0.39 is 12.1 Å². The first-order valence-electron chi connectivity index (χ1n) is 6.92. The minimum absolute atomic E-state index is 0.0830. The molecule has 0 unspecified atom stereocenters. The average Bonchev–Trinajstić information content (AvgIpc) is 2.46. The molecule has 1 fully saturated rings. The van der Waals surface area contributed by atoms with Gasteiger partial charge in [-0.25, -0.2) is 4.79 Å². The minimum atomic E-state index is -0.511. The summed E-state index contributed by atoms with van der Waals surface area (Å²) >= 11 is 0. The molecule has 7 nitrogen and oxygen atoms in total. The third-order valence-corrected chi connectivity index (χ3v) is 3.54. The van der Waals surface area contributed by atoms with Crippen molar-refractivity contribution in [2.24, 2.45) is 5.92 Å². The van der Waals surface area contributed by atoms with Crippen LogP contribution >= 0.6 is 0 Å². The third-order valence-electron chi connectivity index (χ3n) is 3.54. The summed E-state index contributed by atoms with van der Waals surface area (Å²) < 4.78 is 5.00. The number of nitrogens with zero attached hydrogens (tertiary/aromatic N) is 1. The number of ether oxygens (including phenoxy) is 1. The summed E-state index contributed by atoms with van der Waals surface area (Å²) in [5, 5.41) is 4.60. The van der Waals surface area contributed by atoms with Crippen LogP contribution in [-0.4, -0.2) is 55.6 Å². The van der Waals surface area contributed by atoms with Gasteiger partial charge in [0.2, 0.25) is 5.91 Å². The molecule has 20 heavy (non-hydrogen) atoms. The zero-order chi connectivity index (χ0) is 15.1. The van der Waals surface area contributed by atoms with Gasteiger partial charge >= 0.3 is 12.0 Å². The Morgan fingerprint density at radius 1 is 1.30 bits per heavy atom. The Balaban J connectivity index is 2.42. The standard InChI is InChI=1S/C13H23N3O4/c1-4-20-12(18)10-5-7-16(8-6-10)9(2)11(17)15-13(19)14-3/h9-10H,4-8H2,1-3H3,(H2,14,15,17,19)/t9-/m0/s1. The number of esters is 1. The molecule has 0 radical (unpaired) electrons. The number of rotatable bonds is 4. The summed E-state index contributed by atoms with van der Waals surface area (Å²) in [6.07, 6.45) is 1.35. The van der Waals surface area contributed by atoms with Crippen LogP contribution in [0, 0.1) is 5.92 Å². The van der Waals surface area contributed by atoms with E-state index in [1.807, 2.05) is 4.90 Å². The summed E-state index contributed by atoms with van der Waals surface area (Å²) in [4.78, 5) is 36.5. The molecule has 1 aliphatic heterocycles. The van der Waals surface area contributed by atoms with Gasteiger partial charge in [-0.1, -0.05) is 0 Å². The average molecular weight is 285 g/mol. The van der Waals surface area contributed by atoms with E-state index in [2.05, 4.69) is 10.6 Å². The number of nitrogens with one attached hydrogen (secondary N) is 2. The Bertz CT molecular complexity index is 365. The van der Waals surface area contributed by atoms with Gasteiger partial charge in [0.25, 0.3) is 0 Å². The number of carbonyl (C=O) groups is 3. The van der Waals surface area contributed by atoms with Gasteiger partial charge < -0.3 is 10.1 Å². The summed E-state index contributed by atoms with van der Waals surface area (Å²) in [7, 11) is 1.46. The lowest BCUT2D eigenvalue weighted by atomic mass is 9.96. The van der Waals surface area contributed by atoms with Gasteiger partial charge in [0.05, 0.1) is 18.6 Å². The van der Waals surface area contributed by atoms with Crippen LogP contribution in [-0.2, 0) is 14.3 Å². The number of piperidine rings is 1. The molecule has 0 aromatic carbocycles. The molecule has 3 amide bonds. The van der Waals surface area contributed by atoms with Crippen molar-refractivity contribution >= 4 is 17.9 Å². The van der Waals surface area contributed by atoms with Crippen LogP contribution in [0.5, 0.6) is 0 Å². The quantitative estimate of drug-likeness (QED) is 0.716. The highest BCUT2D eigenvalue weighted by molar-refractivity contribution is 5.96. The van der Waals surface area contributed by atoms with Crippen molar-refractivity contribution in [3.05, 3.63) is 0 Å². The molecule has 0 saturated carbocycles. The number of carbonyl (C=O) groups excluding carboxylic acids is 3. The van der Waals surface area contributed by atoms with Gasteiger partial charge in [0.15, 0.2) is 0 Å². The van der Waals surface area contributed by atoms with Crippen molar-refractivity contribution in [1.82, 2.24) is 15.5 Å². The predicted molar refractivity (Wildman–Crippen MR) is 73.0 cm³/mol. The molecular formula is C13H23N3O4. The summed E-state index contributed by atoms with van der Waals surface area (Å²) in [6.45, 7) is 5.22. The Hall–Kier alpha value is -1.63. The van der Waals surface area contributed by atoms with Crippen LogP contribution in [0.25, 0.3) is 0 Å². The monoisotopic (exact) mass is 285 g/mol.